The summed E-state index contributed by atoms with van der Waals surface area (Å²) in [5.74, 6) is 1.08. The Hall–Kier alpha value is -2.46. The van der Waals surface area contributed by atoms with Crippen LogP contribution in [-0.4, -0.2) is 43.8 Å². The highest BCUT2D eigenvalue weighted by atomic mass is 35.5. The Bertz CT molecular complexity index is 1100. The fraction of sp³-hybridized carbons (Fsp3) is 0.368. The molecule has 1 saturated carbocycles. The second-order valence-electron chi connectivity index (χ2n) is 7.76. The van der Waals surface area contributed by atoms with Crippen LogP contribution in [0.4, 0.5) is 5.82 Å². The summed E-state index contributed by atoms with van der Waals surface area (Å²) in [5.41, 5.74) is 13.1. The highest BCUT2D eigenvalue weighted by molar-refractivity contribution is 6.35. The largest absolute Gasteiger partial charge is 0.368 e. The number of aromatic nitrogens is 4. The molecular formula is C19H20Cl2N8O. The summed E-state index contributed by atoms with van der Waals surface area (Å²) < 4.78 is 1.67. The molecule has 0 bridgehead atoms. The molecule has 0 radical (unpaired) electrons. The molecule has 3 aromatic rings. The number of rotatable bonds is 4. The summed E-state index contributed by atoms with van der Waals surface area (Å²) in [6.45, 7) is 0. The molecule has 2 aliphatic rings. The molecule has 156 valence electrons. The first kappa shape index (κ1) is 19.5. The Balaban J connectivity index is 1.40. The van der Waals surface area contributed by atoms with E-state index in [1.807, 2.05) is 12.1 Å². The number of nitrogens with one attached hydrogen (secondary N) is 3. The molecule has 1 aromatic carbocycles. The minimum Gasteiger partial charge on any atom is -0.368 e. The van der Waals surface area contributed by atoms with Gasteiger partial charge >= 0.3 is 0 Å². The molecular weight excluding hydrogens is 427 g/mol. The minimum atomic E-state index is -0.355. The Morgan fingerprint density at radius 2 is 1.93 bits per heavy atom. The van der Waals surface area contributed by atoms with Crippen LogP contribution in [0.15, 0.2) is 30.3 Å². The number of nitrogens with zero attached hydrogens (tertiary/aromatic N) is 4. The van der Waals surface area contributed by atoms with Gasteiger partial charge in [-0.3, -0.25) is 10.2 Å². The van der Waals surface area contributed by atoms with Crippen LogP contribution in [0.3, 0.4) is 0 Å². The first-order chi connectivity index (χ1) is 14.5. The minimum absolute atomic E-state index is 0.150. The normalized spacial score (nSPS) is 25.9. The Kier molecular flexibility index (Phi) is 4.98. The second kappa shape index (κ2) is 7.66. The van der Waals surface area contributed by atoms with Crippen molar-refractivity contribution >= 4 is 40.6 Å². The SMILES string of the molecule is NC(=O)C1NNC2CCC(Nc3ccc4nnc(-c5cc(Cl)cc(Cl)c5)n4n3)CC21. The van der Waals surface area contributed by atoms with E-state index in [9.17, 15) is 4.79 Å². The zero-order valence-electron chi connectivity index (χ0n) is 15.8. The lowest BCUT2D eigenvalue weighted by Gasteiger charge is -2.33. The standard InChI is InChI=1S/C19H20Cl2N8O/c20-10-5-9(6-11(21)7-10)19-27-25-16-4-3-15(28-29(16)19)23-12-1-2-14-13(8-12)17(18(22)30)26-24-14/h3-7,12-14,17,24,26H,1-2,8H2,(H2,22,30)(H,23,28). The quantitative estimate of drug-likeness (QED) is 0.483. The summed E-state index contributed by atoms with van der Waals surface area (Å²) in [6.07, 6.45) is 2.72. The van der Waals surface area contributed by atoms with Crippen LogP contribution in [0.25, 0.3) is 17.0 Å². The third-order valence-corrected chi connectivity index (χ3v) is 6.23. The predicted molar refractivity (Wildman–Crippen MR) is 114 cm³/mol. The second-order valence-corrected chi connectivity index (χ2v) is 8.64. The van der Waals surface area contributed by atoms with Crippen molar-refractivity contribution in [2.45, 2.75) is 37.4 Å². The Morgan fingerprint density at radius 3 is 2.70 bits per heavy atom. The van der Waals surface area contributed by atoms with Crippen molar-refractivity contribution in [1.29, 1.82) is 0 Å². The van der Waals surface area contributed by atoms with Gasteiger partial charge in [0.1, 0.15) is 11.9 Å². The molecule has 4 unspecified atom stereocenters. The maximum absolute atomic E-state index is 11.7. The maximum atomic E-state index is 11.7. The zero-order chi connectivity index (χ0) is 20.8. The van der Waals surface area contributed by atoms with Crippen molar-refractivity contribution in [3.05, 3.63) is 40.4 Å². The smallest absolute Gasteiger partial charge is 0.236 e. The average Bonchev–Trinajstić information content (AvgIpc) is 3.30. The van der Waals surface area contributed by atoms with E-state index in [1.54, 1.807) is 22.7 Å². The van der Waals surface area contributed by atoms with Gasteiger partial charge in [-0.05, 0) is 49.6 Å². The molecule has 1 saturated heterocycles. The van der Waals surface area contributed by atoms with Gasteiger partial charge in [0.25, 0.3) is 0 Å². The number of primary amides is 1. The van der Waals surface area contributed by atoms with E-state index in [4.69, 9.17) is 28.9 Å². The molecule has 9 nitrogen and oxygen atoms in total. The van der Waals surface area contributed by atoms with Crippen molar-refractivity contribution in [2.24, 2.45) is 11.7 Å². The van der Waals surface area contributed by atoms with E-state index in [2.05, 4.69) is 31.5 Å². The van der Waals surface area contributed by atoms with Crippen molar-refractivity contribution in [1.82, 2.24) is 30.7 Å². The lowest BCUT2D eigenvalue weighted by atomic mass is 9.79. The molecule has 5 rings (SSSR count). The number of anilines is 1. The summed E-state index contributed by atoms with van der Waals surface area (Å²) in [4.78, 5) is 11.7. The van der Waals surface area contributed by atoms with E-state index in [0.717, 1.165) is 24.8 Å². The predicted octanol–water partition coefficient (Wildman–Crippen LogP) is 2.01. The Labute approximate surface area is 182 Å². The molecule has 4 atom stereocenters. The molecule has 5 N–H and O–H groups in total. The number of amides is 1. The van der Waals surface area contributed by atoms with Gasteiger partial charge in [-0.25, -0.2) is 5.43 Å². The lowest BCUT2D eigenvalue weighted by molar-refractivity contribution is -0.120. The number of hydrogen-bond acceptors (Lipinski definition) is 7. The lowest BCUT2D eigenvalue weighted by Crippen LogP contribution is -2.44. The van der Waals surface area contributed by atoms with Crippen molar-refractivity contribution in [3.8, 4) is 11.4 Å². The van der Waals surface area contributed by atoms with Gasteiger partial charge in [0.15, 0.2) is 11.5 Å². The third-order valence-electron chi connectivity index (χ3n) is 5.79. The van der Waals surface area contributed by atoms with Crippen LogP contribution in [-0.2, 0) is 4.79 Å². The van der Waals surface area contributed by atoms with E-state index in [-0.39, 0.29) is 30.0 Å². The number of carbonyl (C=O) groups is 1. The van der Waals surface area contributed by atoms with Gasteiger partial charge in [0.2, 0.25) is 5.91 Å². The van der Waals surface area contributed by atoms with Crippen LogP contribution in [0.2, 0.25) is 10.0 Å². The van der Waals surface area contributed by atoms with Crippen LogP contribution < -0.4 is 21.9 Å². The van der Waals surface area contributed by atoms with Gasteiger partial charge in [-0.2, -0.15) is 4.52 Å². The van der Waals surface area contributed by atoms with Gasteiger partial charge in [0.05, 0.1) is 0 Å². The summed E-state index contributed by atoms with van der Waals surface area (Å²) in [5, 5.41) is 17.6. The van der Waals surface area contributed by atoms with Gasteiger partial charge in [0, 0.05) is 33.6 Å². The fourth-order valence-corrected chi connectivity index (χ4v) is 4.93. The molecule has 30 heavy (non-hydrogen) atoms. The van der Waals surface area contributed by atoms with Gasteiger partial charge in [-0.15, -0.1) is 15.3 Å². The van der Waals surface area contributed by atoms with E-state index in [1.165, 1.54) is 0 Å². The number of halogens is 2. The van der Waals surface area contributed by atoms with E-state index in [0.29, 0.717) is 27.3 Å². The topological polar surface area (TPSA) is 122 Å². The Morgan fingerprint density at radius 1 is 1.13 bits per heavy atom. The van der Waals surface area contributed by atoms with Crippen LogP contribution in [0.1, 0.15) is 19.3 Å². The monoisotopic (exact) mass is 446 g/mol. The number of hydrogen-bond donors (Lipinski definition) is 4. The molecule has 11 heteroatoms. The highest BCUT2D eigenvalue weighted by Crippen LogP contribution is 2.32. The third kappa shape index (κ3) is 3.58. The average molecular weight is 447 g/mol. The number of benzene rings is 1. The molecule has 1 aliphatic heterocycles. The van der Waals surface area contributed by atoms with Gasteiger partial charge < -0.3 is 11.1 Å². The van der Waals surface area contributed by atoms with Gasteiger partial charge in [-0.1, -0.05) is 23.2 Å². The number of carbonyl (C=O) groups excluding carboxylic acids is 1. The summed E-state index contributed by atoms with van der Waals surface area (Å²) in [6, 6.07) is 9.03. The van der Waals surface area contributed by atoms with Crippen molar-refractivity contribution in [3.63, 3.8) is 0 Å². The van der Waals surface area contributed by atoms with Crippen molar-refractivity contribution in [2.75, 3.05) is 5.32 Å². The molecule has 2 fully saturated rings. The maximum Gasteiger partial charge on any atom is 0.236 e. The number of fused-ring (bicyclic) bond motifs is 2. The first-order valence-electron chi connectivity index (χ1n) is 9.74. The molecule has 1 amide bonds. The number of nitrogens with two attached hydrogens (primary N) is 1. The van der Waals surface area contributed by atoms with Crippen molar-refractivity contribution < 1.29 is 4.79 Å². The summed E-state index contributed by atoms with van der Waals surface area (Å²) >= 11 is 12.3. The highest BCUT2D eigenvalue weighted by Gasteiger charge is 2.42. The van der Waals surface area contributed by atoms with Crippen LogP contribution in [0.5, 0.6) is 0 Å². The van der Waals surface area contributed by atoms with E-state index < -0.39 is 0 Å². The van der Waals surface area contributed by atoms with Crippen LogP contribution >= 0.6 is 23.2 Å². The molecule has 3 heterocycles. The summed E-state index contributed by atoms with van der Waals surface area (Å²) in [7, 11) is 0. The number of hydrazine groups is 1. The van der Waals surface area contributed by atoms with Crippen LogP contribution in [0, 0.1) is 5.92 Å². The fourth-order valence-electron chi connectivity index (χ4n) is 4.41. The first-order valence-corrected chi connectivity index (χ1v) is 10.5. The molecule has 1 aliphatic carbocycles. The van der Waals surface area contributed by atoms with E-state index >= 15 is 0 Å². The molecule has 2 aromatic heterocycles. The molecule has 0 spiro atoms. The zero-order valence-corrected chi connectivity index (χ0v) is 17.4.